The van der Waals surface area contributed by atoms with Gasteiger partial charge in [0.1, 0.15) is 0 Å². The molecule has 0 amide bonds. The summed E-state index contributed by atoms with van der Waals surface area (Å²) in [5.74, 6) is 1.33. The van der Waals surface area contributed by atoms with Gasteiger partial charge in [0.2, 0.25) is 0 Å². The Morgan fingerprint density at radius 1 is 1.13 bits per heavy atom. The molecule has 0 radical (unpaired) electrons. The molecule has 2 nitrogen and oxygen atoms in total. The second-order valence-electron chi connectivity index (χ2n) is 5.94. The summed E-state index contributed by atoms with van der Waals surface area (Å²) in [7, 11) is 0. The lowest BCUT2D eigenvalue weighted by molar-refractivity contribution is 0.110. The van der Waals surface area contributed by atoms with E-state index >= 15 is 0 Å². The molecule has 0 aromatic carbocycles. The summed E-state index contributed by atoms with van der Waals surface area (Å²) in [5, 5.41) is 3.44. The van der Waals surface area contributed by atoms with E-state index in [-0.39, 0.29) is 0 Å². The number of rotatable bonds is 7. The molecule has 1 unspecified atom stereocenters. The van der Waals surface area contributed by atoms with Crippen molar-refractivity contribution in [2.24, 2.45) is 17.3 Å². The van der Waals surface area contributed by atoms with Gasteiger partial charge >= 0.3 is 0 Å². The first-order chi connectivity index (χ1) is 6.84. The third kappa shape index (κ3) is 8.88. The summed E-state index contributed by atoms with van der Waals surface area (Å²) >= 11 is 0. The lowest BCUT2D eigenvalue weighted by Crippen LogP contribution is -2.31. The van der Waals surface area contributed by atoms with Gasteiger partial charge in [-0.3, -0.25) is 0 Å². The van der Waals surface area contributed by atoms with Crippen molar-refractivity contribution in [3.05, 3.63) is 0 Å². The van der Waals surface area contributed by atoms with E-state index in [0.717, 1.165) is 26.3 Å². The Hall–Kier alpha value is -0.0800. The summed E-state index contributed by atoms with van der Waals surface area (Å²) in [5.41, 5.74) is 0.395. The highest BCUT2D eigenvalue weighted by atomic mass is 16.5. The van der Waals surface area contributed by atoms with Crippen LogP contribution in [0.3, 0.4) is 0 Å². The van der Waals surface area contributed by atoms with Crippen LogP contribution in [0.1, 0.15) is 41.5 Å². The highest BCUT2D eigenvalue weighted by Crippen LogP contribution is 2.24. The van der Waals surface area contributed by atoms with Crippen molar-refractivity contribution in [1.29, 1.82) is 0 Å². The zero-order chi connectivity index (χ0) is 11.9. The van der Waals surface area contributed by atoms with E-state index in [4.69, 9.17) is 4.74 Å². The first-order valence-electron chi connectivity index (χ1n) is 6.12. The second-order valence-corrected chi connectivity index (χ2v) is 5.94. The topological polar surface area (TPSA) is 21.3 Å². The van der Waals surface area contributed by atoms with E-state index in [1.54, 1.807) is 0 Å². The van der Waals surface area contributed by atoms with Crippen LogP contribution in [0.25, 0.3) is 0 Å². The summed E-state index contributed by atoms with van der Waals surface area (Å²) in [4.78, 5) is 0. The molecule has 0 aliphatic carbocycles. The minimum Gasteiger partial charge on any atom is -0.380 e. The van der Waals surface area contributed by atoms with Crippen molar-refractivity contribution >= 4 is 0 Å². The summed E-state index contributed by atoms with van der Waals surface area (Å²) < 4.78 is 5.50. The lowest BCUT2D eigenvalue weighted by Gasteiger charge is -2.27. The van der Waals surface area contributed by atoms with Gasteiger partial charge in [-0.1, -0.05) is 41.5 Å². The van der Waals surface area contributed by atoms with E-state index in [1.165, 1.54) is 0 Å². The van der Waals surface area contributed by atoms with Gasteiger partial charge in [0.05, 0.1) is 6.61 Å². The van der Waals surface area contributed by atoms with Crippen LogP contribution in [0, 0.1) is 17.3 Å². The van der Waals surface area contributed by atoms with Crippen LogP contribution < -0.4 is 5.32 Å². The maximum atomic E-state index is 5.50. The van der Waals surface area contributed by atoms with Crippen molar-refractivity contribution in [3.8, 4) is 0 Å². The minimum atomic E-state index is 0.395. The molecule has 0 heterocycles. The molecule has 0 aromatic heterocycles. The van der Waals surface area contributed by atoms with Gasteiger partial charge in [-0.25, -0.2) is 0 Å². The third-order valence-corrected chi connectivity index (χ3v) is 2.80. The Balaban J connectivity index is 3.32. The summed E-state index contributed by atoms with van der Waals surface area (Å²) in [6, 6.07) is 0. The molecule has 0 spiro atoms. The van der Waals surface area contributed by atoms with Crippen molar-refractivity contribution in [3.63, 3.8) is 0 Å². The van der Waals surface area contributed by atoms with Gasteiger partial charge in [-0.05, 0) is 23.8 Å². The molecule has 1 N–H and O–H groups in total. The van der Waals surface area contributed by atoms with E-state index in [9.17, 15) is 0 Å². The van der Waals surface area contributed by atoms with E-state index in [1.807, 2.05) is 0 Å². The summed E-state index contributed by atoms with van der Waals surface area (Å²) in [6.45, 7) is 17.2. The minimum absolute atomic E-state index is 0.395. The fourth-order valence-electron chi connectivity index (χ4n) is 1.09. The van der Waals surface area contributed by atoms with Crippen LogP contribution in [-0.4, -0.2) is 26.3 Å². The van der Waals surface area contributed by atoms with Crippen LogP contribution in [0.15, 0.2) is 0 Å². The third-order valence-electron chi connectivity index (χ3n) is 2.80. The van der Waals surface area contributed by atoms with Gasteiger partial charge < -0.3 is 10.1 Å². The molecule has 0 aliphatic rings. The largest absolute Gasteiger partial charge is 0.380 e. The number of hydrogen-bond donors (Lipinski definition) is 1. The zero-order valence-corrected chi connectivity index (χ0v) is 11.4. The molecule has 0 rings (SSSR count). The van der Waals surface area contributed by atoms with Crippen LogP contribution >= 0.6 is 0 Å². The van der Waals surface area contributed by atoms with Crippen LogP contribution in [0.5, 0.6) is 0 Å². The molecule has 15 heavy (non-hydrogen) atoms. The molecule has 0 aliphatic heterocycles. The SMILES string of the molecule is CC(C)COCCNCC(C)C(C)(C)C. The van der Waals surface area contributed by atoms with Gasteiger partial charge in [-0.2, -0.15) is 0 Å². The predicted octanol–water partition coefficient (Wildman–Crippen LogP) is 2.93. The normalized spacial score (nSPS) is 14.6. The maximum Gasteiger partial charge on any atom is 0.0591 e. The number of ether oxygens (including phenoxy) is 1. The van der Waals surface area contributed by atoms with Gasteiger partial charge in [0.15, 0.2) is 0 Å². The Kier molecular flexibility index (Phi) is 7.20. The first-order valence-corrected chi connectivity index (χ1v) is 6.12. The highest BCUT2D eigenvalue weighted by molar-refractivity contribution is 4.71. The Morgan fingerprint density at radius 3 is 2.20 bits per heavy atom. The van der Waals surface area contributed by atoms with Crippen LogP contribution in [0.4, 0.5) is 0 Å². The van der Waals surface area contributed by atoms with Crippen molar-refractivity contribution in [1.82, 2.24) is 5.32 Å². The molecular formula is C13H29NO. The maximum absolute atomic E-state index is 5.50. The van der Waals surface area contributed by atoms with Crippen molar-refractivity contribution in [2.45, 2.75) is 41.5 Å². The monoisotopic (exact) mass is 215 g/mol. The highest BCUT2D eigenvalue weighted by Gasteiger charge is 2.18. The summed E-state index contributed by atoms with van der Waals surface area (Å²) in [6.07, 6.45) is 0. The van der Waals surface area contributed by atoms with E-state index in [0.29, 0.717) is 17.3 Å². The van der Waals surface area contributed by atoms with E-state index < -0.39 is 0 Å². The Morgan fingerprint density at radius 2 is 1.73 bits per heavy atom. The predicted molar refractivity (Wildman–Crippen MR) is 67.1 cm³/mol. The molecule has 92 valence electrons. The van der Waals surface area contributed by atoms with Gasteiger partial charge in [0, 0.05) is 13.2 Å². The molecule has 0 bridgehead atoms. The fraction of sp³-hybridized carbons (Fsp3) is 1.00. The Labute approximate surface area is 95.8 Å². The Bertz CT molecular complexity index is 149. The average molecular weight is 215 g/mol. The quantitative estimate of drug-likeness (QED) is 0.659. The standard InChI is InChI=1S/C13H29NO/c1-11(2)10-15-8-7-14-9-12(3)13(4,5)6/h11-12,14H,7-10H2,1-6H3. The molecule has 1 atom stereocenters. The molecule has 0 saturated carbocycles. The van der Waals surface area contributed by atoms with Gasteiger partial charge in [0.25, 0.3) is 0 Å². The zero-order valence-electron chi connectivity index (χ0n) is 11.4. The molecular weight excluding hydrogens is 186 g/mol. The molecule has 2 heteroatoms. The fourth-order valence-corrected chi connectivity index (χ4v) is 1.09. The average Bonchev–Trinajstić information content (AvgIpc) is 2.08. The van der Waals surface area contributed by atoms with Crippen LogP contribution in [0.2, 0.25) is 0 Å². The number of hydrogen-bond acceptors (Lipinski definition) is 2. The molecule has 0 saturated heterocycles. The lowest BCUT2D eigenvalue weighted by atomic mass is 9.82. The van der Waals surface area contributed by atoms with Crippen molar-refractivity contribution in [2.75, 3.05) is 26.3 Å². The molecule has 0 aromatic rings. The first kappa shape index (κ1) is 14.9. The van der Waals surface area contributed by atoms with Crippen LogP contribution in [-0.2, 0) is 4.74 Å². The van der Waals surface area contributed by atoms with Gasteiger partial charge in [-0.15, -0.1) is 0 Å². The van der Waals surface area contributed by atoms with Crippen molar-refractivity contribution < 1.29 is 4.74 Å². The second kappa shape index (κ2) is 7.24. The smallest absolute Gasteiger partial charge is 0.0591 e. The molecule has 0 fully saturated rings. The van der Waals surface area contributed by atoms with E-state index in [2.05, 4.69) is 46.9 Å². The number of nitrogens with one attached hydrogen (secondary N) is 1.